The SMILES string of the molecule is CCNC(=NCc1ccc(C#N)cc1)NCC(C(CC)CC)N1CCOCC1. The topological polar surface area (TPSA) is 72.7 Å². The van der Waals surface area contributed by atoms with Gasteiger partial charge in [-0.3, -0.25) is 4.90 Å². The Balaban J connectivity index is 2.01. The van der Waals surface area contributed by atoms with Crippen molar-refractivity contribution < 1.29 is 4.74 Å². The number of morpholine rings is 1. The zero-order valence-corrected chi connectivity index (χ0v) is 17.6. The van der Waals surface area contributed by atoms with Crippen molar-refractivity contribution in [1.29, 1.82) is 5.26 Å². The zero-order valence-electron chi connectivity index (χ0n) is 17.6. The van der Waals surface area contributed by atoms with Crippen LogP contribution in [0.2, 0.25) is 0 Å². The number of hydrogen-bond acceptors (Lipinski definition) is 4. The summed E-state index contributed by atoms with van der Waals surface area (Å²) in [7, 11) is 0. The molecule has 28 heavy (non-hydrogen) atoms. The van der Waals surface area contributed by atoms with Gasteiger partial charge in [-0.05, 0) is 30.5 Å². The molecule has 1 aromatic carbocycles. The summed E-state index contributed by atoms with van der Waals surface area (Å²) in [5.74, 6) is 1.50. The van der Waals surface area contributed by atoms with E-state index in [0.29, 0.717) is 24.1 Å². The molecule has 1 aliphatic heterocycles. The predicted molar refractivity (Wildman–Crippen MR) is 114 cm³/mol. The van der Waals surface area contributed by atoms with E-state index in [-0.39, 0.29) is 0 Å². The van der Waals surface area contributed by atoms with Crippen LogP contribution in [0.5, 0.6) is 0 Å². The Hall–Kier alpha value is -2.10. The Morgan fingerprint density at radius 1 is 1.14 bits per heavy atom. The van der Waals surface area contributed by atoms with Crippen LogP contribution < -0.4 is 10.6 Å². The second kappa shape index (κ2) is 12.4. The molecule has 0 aromatic heterocycles. The summed E-state index contributed by atoms with van der Waals surface area (Å²) in [4.78, 5) is 7.30. The largest absolute Gasteiger partial charge is 0.379 e. The first kappa shape index (κ1) is 22.2. The molecule has 1 aliphatic rings. The van der Waals surface area contributed by atoms with Crippen molar-refractivity contribution in [3.05, 3.63) is 35.4 Å². The quantitative estimate of drug-likeness (QED) is 0.505. The summed E-state index contributed by atoms with van der Waals surface area (Å²) in [6, 6.07) is 10.2. The lowest BCUT2D eigenvalue weighted by Crippen LogP contribution is -2.53. The second-order valence-corrected chi connectivity index (χ2v) is 7.18. The minimum Gasteiger partial charge on any atom is -0.379 e. The standard InChI is InChI=1S/C22H35N5O/c1-4-20(5-2)21(27-11-13-28-14-12-27)17-26-22(24-6-3)25-16-19-9-7-18(15-23)8-10-19/h7-10,20-21H,4-6,11-14,16-17H2,1-3H3,(H2,24,25,26). The number of guanidine groups is 1. The fourth-order valence-corrected chi connectivity index (χ4v) is 3.73. The minimum absolute atomic E-state index is 0.484. The van der Waals surface area contributed by atoms with Crippen molar-refractivity contribution >= 4 is 5.96 Å². The van der Waals surface area contributed by atoms with E-state index in [9.17, 15) is 0 Å². The first-order chi connectivity index (χ1) is 13.7. The Kier molecular flexibility index (Phi) is 9.81. The molecule has 0 amide bonds. The third-order valence-electron chi connectivity index (χ3n) is 5.43. The molecule has 0 radical (unpaired) electrons. The first-order valence-corrected chi connectivity index (χ1v) is 10.5. The van der Waals surface area contributed by atoms with Gasteiger partial charge in [0.25, 0.3) is 0 Å². The summed E-state index contributed by atoms with van der Waals surface area (Å²) in [5, 5.41) is 15.8. The number of nitrogens with zero attached hydrogens (tertiary/aromatic N) is 3. The van der Waals surface area contributed by atoms with Crippen LogP contribution in [-0.4, -0.2) is 56.3 Å². The molecular weight excluding hydrogens is 350 g/mol. The van der Waals surface area contributed by atoms with Gasteiger partial charge in [0, 0.05) is 32.2 Å². The molecule has 1 heterocycles. The smallest absolute Gasteiger partial charge is 0.191 e. The highest BCUT2D eigenvalue weighted by Gasteiger charge is 2.26. The highest BCUT2D eigenvalue weighted by Crippen LogP contribution is 2.19. The highest BCUT2D eigenvalue weighted by atomic mass is 16.5. The molecule has 1 aromatic rings. The molecule has 0 spiro atoms. The Morgan fingerprint density at radius 2 is 1.82 bits per heavy atom. The Morgan fingerprint density at radius 3 is 2.39 bits per heavy atom. The van der Waals surface area contributed by atoms with Crippen LogP contribution in [-0.2, 0) is 11.3 Å². The van der Waals surface area contributed by atoms with Gasteiger partial charge in [0.1, 0.15) is 0 Å². The molecule has 1 fully saturated rings. The summed E-state index contributed by atoms with van der Waals surface area (Å²) in [6.45, 7) is 12.6. The normalized spacial score (nSPS) is 16.6. The third-order valence-corrected chi connectivity index (χ3v) is 5.43. The fraction of sp³-hybridized carbons (Fsp3) is 0.636. The highest BCUT2D eigenvalue weighted by molar-refractivity contribution is 5.79. The van der Waals surface area contributed by atoms with Gasteiger partial charge in [-0.25, -0.2) is 4.99 Å². The van der Waals surface area contributed by atoms with Crippen LogP contribution in [0.1, 0.15) is 44.7 Å². The van der Waals surface area contributed by atoms with E-state index in [0.717, 1.165) is 50.9 Å². The van der Waals surface area contributed by atoms with Crippen LogP contribution in [0.3, 0.4) is 0 Å². The molecular formula is C22H35N5O. The van der Waals surface area contributed by atoms with Crippen molar-refractivity contribution in [2.75, 3.05) is 39.4 Å². The maximum absolute atomic E-state index is 8.92. The number of nitriles is 1. The number of ether oxygens (including phenoxy) is 1. The van der Waals surface area contributed by atoms with E-state index in [2.05, 4.69) is 42.4 Å². The van der Waals surface area contributed by atoms with Crippen molar-refractivity contribution in [3.8, 4) is 6.07 Å². The summed E-state index contributed by atoms with van der Waals surface area (Å²) in [6.07, 6.45) is 2.36. The van der Waals surface area contributed by atoms with Crippen molar-refractivity contribution in [3.63, 3.8) is 0 Å². The molecule has 0 saturated carbocycles. The monoisotopic (exact) mass is 385 g/mol. The van der Waals surface area contributed by atoms with Crippen molar-refractivity contribution in [1.82, 2.24) is 15.5 Å². The molecule has 1 saturated heterocycles. The van der Waals surface area contributed by atoms with Gasteiger partial charge in [-0.1, -0.05) is 38.8 Å². The molecule has 6 nitrogen and oxygen atoms in total. The molecule has 1 unspecified atom stereocenters. The van der Waals surface area contributed by atoms with E-state index < -0.39 is 0 Å². The number of hydrogen-bond donors (Lipinski definition) is 2. The van der Waals surface area contributed by atoms with Gasteiger partial charge >= 0.3 is 0 Å². The second-order valence-electron chi connectivity index (χ2n) is 7.18. The third kappa shape index (κ3) is 6.81. The van der Waals surface area contributed by atoms with Gasteiger partial charge in [-0.2, -0.15) is 5.26 Å². The molecule has 2 rings (SSSR count). The molecule has 0 bridgehead atoms. The van der Waals surface area contributed by atoms with Crippen molar-refractivity contribution in [2.45, 2.75) is 46.2 Å². The molecule has 154 valence electrons. The summed E-state index contributed by atoms with van der Waals surface area (Å²) in [5.41, 5.74) is 1.78. The zero-order chi connectivity index (χ0) is 20.2. The van der Waals surface area contributed by atoms with E-state index in [1.165, 1.54) is 12.8 Å². The van der Waals surface area contributed by atoms with Crippen LogP contribution in [0.4, 0.5) is 0 Å². The molecule has 1 atom stereocenters. The number of aliphatic imine (C=N–C) groups is 1. The van der Waals surface area contributed by atoms with E-state index in [1.807, 2.05) is 24.3 Å². The van der Waals surface area contributed by atoms with Crippen LogP contribution in [0.25, 0.3) is 0 Å². The summed E-state index contributed by atoms with van der Waals surface area (Å²) < 4.78 is 5.55. The van der Waals surface area contributed by atoms with Gasteiger partial charge in [0.05, 0.1) is 31.4 Å². The number of nitrogens with one attached hydrogen (secondary N) is 2. The molecule has 0 aliphatic carbocycles. The molecule has 6 heteroatoms. The lowest BCUT2D eigenvalue weighted by Gasteiger charge is -2.39. The maximum Gasteiger partial charge on any atom is 0.191 e. The van der Waals surface area contributed by atoms with Crippen LogP contribution >= 0.6 is 0 Å². The van der Waals surface area contributed by atoms with Crippen LogP contribution in [0.15, 0.2) is 29.3 Å². The number of benzene rings is 1. The van der Waals surface area contributed by atoms with E-state index >= 15 is 0 Å². The minimum atomic E-state index is 0.484. The predicted octanol–water partition coefficient (Wildman–Crippen LogP) is 2.75. The van der Waals surface area contributed by atoms with Gasteiger partial charge in [0.2, 0.25) is 0 Å². The van der Waals surface area contributed by atoms with Crippen molar-refractivity contribution in [2.24, 2.45) is 10.9 Å². The maximum atomic E-state index is 8.92. The molecule has 2 N–H and O–H groups in total. The Labute approximate surface area is 170 Å². The van der Waals surface area contributed by atoms with Gasteiger partial charge in [-0.15, -0.1) is 0 Å². The Bertz CT molecular complexity index is 627. The average molecular weight is 386 g/mol. The van der Waals surface area contributed by atoms with Gasteiger partial charge < -0.3 is 15.4 Å². The first-order valence-electron chi connectivity index (χ1n) is 10.5. The van der Waals surface area contributed by atoms with E-state index in [4.69, 9.17) is 15.0 Å². The van der Waals surface area contributed by atoms with E-state index in [1.54, 1.807) is 0 Å². The lowest BCUT2D eigenvalue weighted by molar-refractivity contribution is 0.00272. The fourth-order valence-electron chi connectivity index (χ4n) is 3.73. The number of rotatable bonds is 9. The van der Waals surface area contributed by atoms with Gasteiger partial charge in [0.15, 0.2) is 5.96 Å². The lowest BCUT2D eigenvalue weighted by atomic mass is 9.92. The average Bonchev–Trinajstić information content (AvgIpc) is 2.75. The van der Waals surface area contributed by atoms with Crippen LogP contribution in [0, 0.1) is 17.2 Å². The summed E-state index contributed by atoms with van der Waals surface area (Å²) >= 11 is 0.